The van der Waals surface area contributed by atoms with E-state index in [1.807, 2.05) is 12.2 Å². The largest absolute Gasteiger partial charge is 0.454 e. The first-order chi connectivity index (χ1) is 13.3. The lowest BCUT2D eigenvalue weighted by molar-refractivity contribution is -0.154. The summed E-state index contributed by atoms with van der Waals surface area (Å²) in [7, 11) is 0. The van der Waals surface area contributed by atoms with Crippen molar-refractivity contribution in [3.05, 3.63) is 40.9 Å². The Kier molecular flexibility index (Phi) is 4.71. The second-order valence-corrected chi connectivity index (χ2v) is 7.87. The molecule has 2 fully saturated rings. The van der Waals surface area contributed by atoms with Gasteiger partial charge in [0.25, 0.3) is 5.91 Å². The molecule has 0 spiro atoms. The van der Waals surface area contributed by atoms with Crippen molar-refractivity contribution in [3.63, 3.8) is 0 Å². The number of fused-ring (bicyclic) bond motifs is 5. The quantitative estimate of drug-likeness (QED) is 0.461. The molecule has 1 aromatic carbocycles. The van der Waals surface area contributed by atoms with E-state index in [9.17, 15) is 19.2 Å². The number of aryl methyl sites for hydroxylation is 1. The van der Waals surface area contributed by atoms with E-state index in [-0.39, 0.29) is 35.5 Å². The van der Waals surface area contributed by atoms with Gasteiger partial charge in [-0.15, -0.1) is 0 Å². The first-order valence-corrected chi connectivity index (χ1v) is 9.48. The Hall–Kier alpha value is -2.67. The van der Waals surface area contributed by atoms with E-state index in [4.69, 9.17) is 16.3 Å². The van der Waals surface area contributed by atoms with Gasteiger partial charge >= 0.3 is 5.97 Å². The molecule has 1 aromatic rings. The van der Waals surface area contributed by atoms with Crippen molar-refractivity contribution in [1.82, 2.24) is 4.90 Å². The highest BCUT2D eigenvalue weighted by molar-refractivity contribution is 6.31. The Balaban J connectivity index is 1.30. The van der Waals surface area contributed by atoms with Gasteiger partial charge in [-0.2, -0.15) is 0 Å². The summed E-state index contributed by atoms with van der Waals surface area (Å²) in [6.45, 7) is 0.829. The summed E-state index contributed by atoms with van der Waals surface area (Å²) < 4.78 is 4.95. The van der Waals surface area contributed by atoms with Crippen LogP contribution in [0.15, 0.2) is 30.4 Å². The van der Waals surface area contributed by atoms with Crippen LogP contribution in [0, 0.1) is 30.6 Å². The molecule has 0 radical (unpaired) electrons. The smallest absolute Gasteiger partial charge is 0.326 e. The molecule has 1 aliphatic heterocycles. The molecule has 4 atom stereocenters. The first-order valence-electron chi connectivity index (χ1n) is 9.10. The molecule has 4 rings (SSSR count). The maximum Gasteiger partial charge on any atom is 0.326 e. The minimum Gasteiger partial charge on any atom is -0.454 e. The summed E-state index contributed by atoms with van der Waals surface area (Å²) in [5.41, 5.74) is 1.33. The molecular formula is C20H19ClN2O5. The second kappa shape index (κ2) is 7.05. The summed E-state index contributed by atoms with van der Waals surface area (Å²) in [5.74, 6) is -2.50. The Bertz CT molecular complexity index is 882. The second-order valence-electron chi connectivity index (χ2n) is 7.43. The number of halogens is 1. The normalized spacial score (nSPS) is 27.3. The van der Waals surface area contributed by atoms with Crippen molar-refractivity contribution in [2.75, 3.05) is 18.5 Å². The third-order valence-corrected chi connectivity index (χ3v) is 5.92. The number of nitrogens with one attached hydrogen (secondary N) is 1. The van der Waals surface area contributed by atoms with E-state index in [0.29, 0.717) is 10.7 Å². The number of rotatable bonds is 5. The van der Waals surface area contributed by atoms with Crippen molar-refractivity contribution in [2.24, 2.45) is 23.7 Å². The zero-order valence-electron chi connectivity index (χ0n) is 15.2. The molecule has 146 valence electrons. The van der Waals surface area contributed by atoms with Crippen LogP contribution in [0.25, 0.3) is 0 Å². The molecule has 1 heterocycles. The number of carbonyl (C=O) groups excluding carboxylic acids is 4. The molecule has 1 saturated heterocycles. The van der Waals surface area contributed by atoms with E-state index in [0.717, 1.165) is 16.9 Å². The lowest BCUT2D eigenvalue weighted by atomic mass is 9.85. The number of anilines is 1. The van der Waals surface area contributed by atoms with Gasteiger partial charge in [0.05, 0.1) is 11.8 Å². The number of esters is 1. The minimum absolute atomic E-state index is 0.0826. The van der Waals surface area contributed by atoms with Crippen molar-refractivity contribution >= 4 is 41.0 Å². The molecule has 8 heteroatoms. The zero-order chi connectivity index (χ0) is 20.0. The van der Waals surface area contributed by atoms with Gasteiger partial charge in [0.15, 0.2) is 6.61 Å². The van der Waals surface area contributed by atoms with Crippen molar-refractivity contribution in [2.45, 2.75) is 13.3 Å². The van der Waals surface area contributed by atoms with Crippen LogP contribution in [0.5, 0.6) is 0 Å². The molecule has 1 saturated carbocycles. The maximum absolute atomic E-state index is 12.5. The van der Waals surface area contributed by atoms with Gasteiger partial charge in [0, 0.05) is 10.7 Å². The molecule has 3 amide bonds. The SMILES string of the molecule is Cc1ccc(Cl)cc1NC(=O)COC(=O)CN1C(=O)[C@@H]2[C@H](C1=O)[C@@H]1C=C[C@@H]2C1. The number of hydrogen-bond acceptors (Lipinski definition) is 5. The number of allylic oxidation sites excluding steroid dienone is 2. The van der Waals surface area contributed by atoms with Crippen LogP contribution < -0.4 is 5.32 Å². The van der Waals surface area contributed by atoms with Crippen LogP contribution in [0.2, 0.25) is 5.02 Å². The monoisotopic (exact) mass is 402 g/mol. The standard InChI is InChI=1S/C20H19ClN2O5/c1-10-2-5-13(21)7-14(10)22-15(24)9-28-16(25)8-23-19(26)17-11-3-4-12(6-11)18(17)20(23)27/h2-5,7,11-12,17-18H,6,8-9H2,1H3,(H,22,24)/t11-,12-,17-,18+/m1/s1. The van der Waals surface area contributed by atoms with Crippen LogP contribution in [0.1, 0.15) is 12.0 Å². The highest BCUT2D eigenvalue weighted by Crippen LogP contribution is 2.52. The van der Waals surface area contributed by atoms with Crippen LogP contribution in [0.4, 0.5) is 5.69 Å². The van der Waals surface area contributed by atoms with Crippen LogP contribution in [-0.2, 0) is 23.9 Å². The Morgan fingerprint density at radius 2 is 1.82 bits per heavy atom. The number of imide groups is 1. The van der Waals surface area contributed by atoms with Crippen molar-refractivity contribution in [3.8, 4) is 0 Å². The van der Waals surface area contributed by atoms with Crippen LogP contribution >= 0.6 is 11.6 Å². The van der Waals surface area contributed by atoms with E-state index >= 15 is 0 Å². The fraction of sp³-hybridized carbons (Fsp3) is 0.400. The number of carbonyl (C=O) groups is 4. The van der Waals surface area contributed by atoms with Gasteiger partial charge in [0.1, 0.15) is 6.54 Å². The van der Waals surface area contributed by atoms with E-state index < -0.39 is 25.0 Å². The van der Waals surface area contributed by atoms with Crippen LogP contribution in [-0.4, -0.2) is 41.7 Å². The number of benzene rings is 1. The molecule has 0 unspecified atom stereocenters. The summed E-state index contributed by atoms with van der Waals surface area (Å²) in [5, 5.41) is 3.08. The topological polar surface area (TPSA) is 92.8 Å². The highest BCUT2D eigenvalue weighted by atomic mass is 35.5. The molecule has 2 aliphatic carbocycles. The molecule has 28 heavy (non-hydrogen) atoms. The number of amides is 3. The lowest BCUT2D eigenvalue weighted by Crippen LogP contribution is -2.38. The average Bonchev–Trinajstić information content (AvgIpc) is 3.33. The summed E-state index contributed by atoms with van der Waals surface area (Å²) in [6, 6.07) is 5.06. The fourth-order valence-corrected chi connectivity index (χ4v) is 4.53. The average molecular weight is 403 g/mol. The number of likely N-dealkylation sites (tertiary alicyclic amines) is 1. The molecule has 0 aromatic heterocycles. The van der Waals surface area contributed by atoms with Gasteiger partial charge in [0.2, 0.25) is 11.8 Å². The van der Waals surface area contributed by atoms with E-state index in [1.165, 1.54) is 0 Å². The minimum atomic E-state index is -0.792. The Labute approximate surface area is 166 Å². The Morgan fingerprint density at radius 1 is 1.18 bits per heavy atom. The summed E-state index contributed by atoms with van der Waals surface area (Å²) >= 11 is 5.90. The van der Waals surface area contributed by atoms with Gasteiger partial charge in [-0.25, -0.2) is 0 Å². The van der Waals surface area contributed by atoms with E-state index in [1.54, 1.807) is 25.1 Å². The van der Waals surface area contributed by atoms with E-state index in [2.05, 4.69) is 5.32 Å². The van der Waals surface area contributed by atoms with Gasteiger partial charge in [-0.1, -0.05) is 29.8 Å². The Morgan fingerprint density at radius 3 is 2.46 bits per heavy atom. The zero-order valence-corrected chi connectivity index (χ0v) is 15.9. The third-order valence-electron chi connectivity index (χ3n) is 5.69. The molecule has 2 bridgehead atoms. The predicted octanol–water partition coefficient (Wildman–Crippen LogP) is 1.94. The molecular weight excluding hydrogens is 384 g/mol. The first kappa shape index (κ1) is 18.7. The predicted molar refractivity (Wildman–Crippen MR) is 100 cm³/mol. The molecule has 3 aliphatic rings. The number of nitrogens with zero attached hydrogens (tertiary/aromatic N) is 1. The molecule has 7 nitrogen and oxygen atoms in total. The summed E-state index contributed by atoms with van der Waals surface area (Å²) in [6.07, 6.45) is 4.80. The number of ether oxygens (including phenoxy) is 1. The summed E-state index contributed by atoms with van der Waals surface area (Å²) in [4.78, 5) is 50.2. The third kappa shape index (κ3) is 3.20. The lowest BCUT2D eigenvalue weighted by Gasteiger charge is -2.16. The van der Waals surface area contributed by atoms with Gasteiger partial charge in [-0.05, 0) is 42.9 Å². The van der Waals surface area contributed by atoms with Crippen LogP contribution in [0.3, 0.4) is 0 Å². The maximum atomic E-state index is 12.5. The van der Waals surface area contributed by atoms with Gasteiger partial charge in [-0.3, -0.25) is 24.1 Å². The highest BCUT2D eigenvalue weighted by Gasteiger charge is 2.59. The van der Waals surface area contributed by atoms with Crippen molar-refractivity contribution in [1.29, 1.82) is 0 Å². The van der Waals surface area contributed by atoms with Crippen molar-refractivity contribution < 1.29 is 23.9 Å². The fourth-order valence-electron chi connectivity index (χ4n) is 4.36. The molecule has 1 N–H and O–H groups in total. The number of hydrogen-bond donors (Lipinski definition) is 1. The van der Waals surface area contributed by atoms with Gasteiger partial charge < -0.3 is 10.1 Å².